The first kappa shape index (κ1) is 17.2. The first-order valence-corrected chi connectivity index (χ1v) is 9.21. The van der Waals surface area contributed by atoms with E-state index in [2.05, 4.69) is 24.1 Å². The van der Waals surface area contributed by atoms with Crippen molar-refractivity contribution in [3.8, 4) is 0 Å². The maximum absolute atomic E-state index is 9.37. The highest BCUT2D eigenvalue weighted by molar-refractivity contribution is 4.92. The highest BCUT2D eigenvalue weighted by atomic mass is 16.3. The molecule has 2 aliphatic rings. The van der Waals surface area contributed by atoms with Crippen LogP contribution >= 0.6 is 0 Å². The third-order valence-electron chi connectivity index (χ3n) is 5.21. The summed E-state index contributed by atoms with van der Waals surface area (Å²) in [4.78, 5) is 2.59. The largest absolute Gasteiger partial charge is 0.395 e. The van der Waals surface area contributed by atoms with Gasteiger partial charge in [-0.25, -0.2) is 0 Å². The van der Waals surface area contributed by atoms with Gasteiger partial charge in [0.05, 0.1) is 6.61 Å². The number of aliphatic hydroxyl groups is 1. The summed E-state index contributed by atoms with van der Waals surface area (Å²) < 4.78 is 0. The van der Waals surface area contributed by atoms with Crippen molar-refractivity contribution in [2.24, 2.45) is 11.3 Å². The minimum atomic E-state index is 0.312. The Morgan fingerprint density at radius 2 is 1.81 bits per heavy atom. The average molecular weight is 296 g/mol. The second-order valence-electron chi connectivity index (χ2n) is 7.86. The highest BCUT2D eigenvalue weighted by Gasteiger charge is 2.37. The molecule has 0 heterocycles. The van der Waals surface area contributed by atoms with Crippen molar-refractivity contribution < 1.29 is 5.11 Å². The molecule has 0 aliphatic heterocycles. The minimum absolute atomic E-state index is 0.312. The number of hydrogen-bond donors (Lipinski definition) is 2. The Morgan fingerprint density at radius 1 is 1.14 bits per heavy atom. The molecule has 0 unspecified atom stereocenters. The molecule has 2 fully saturated rings. The van der Waals surface area contributed by atoms with Gasteiger partial charge < -0.3 is 10.4 Å². The zero-order chi connectivity index (χ0) is 15.1. The van der Waals surface area contributed by atoms with Gasteiger partial charge in [0.1, 0.15) is 0 Å². The maximum Gasteiger partial charge on any atom is 0.0558 e. The molecule has 2 rings (SSSR count). The van der Waals surface area contributed by atoms with Crippen LogP contribution in [0, 0.1) is 11.3 Å². The van der Waals surface area contributed by atoms with E-state index in [-0.39, 0.29) is 0 Å². The van der Waals surface area contributed by atoms with Crippen LogP contribution in [0.15, 0.2) is 0 Å². The fourth-order valence-electron chi connectivity index (χ4n) is 3.89. The van der Waals surface area contributed by atoms with Crippen LogP contribution in [0.25, 0.3) is 0 Å². The van der Waals surface area contributed by atoms with Crippen molar-refractivity contribution in [1.82, 2.24) is 10.2 Å². The van der Waals surface area contributed by atoms with E-state index in [1.165, 1.54) is 64.5 Å². The van der Waals surface area contributed by atoms with Crippen LogP contribution < -0.4 is 5.32 Å². The third kappa shape index (κ3) is 5.88. The molecule has 0 bridgehead atoms. The zero-order valence-corrected chi connectivity index (χ0v) is 14.2. The molecule has 2 saturated carbocycles. The number of rotatable bonds is 9. The Hall–Kier alpha value is -0.120. The molecule has 0 atom stereocenters. The van der Waals surface area contributed by atoms with Gasteiger partial charge in [-0.05, 0) is 43.6 Å². The lowest BCUT2D eigenvalue weighted by molar-refractivity contribution is 0.102. The molecule has 0 saturated heterocycles. The molecule has 21 heavy (non-hydrogen) atoms. The van der Waals surface area contributed by atoms with E-state index >= 15 is 0 Å². The van der Waals surface area contributed by atoms with Crippen molar-refractivity contribution in [2.75, 3.05) is 32.8 Å². The summed E-state index contributed by atoms with van der Waals surface area (Å²) in [6.45, 7) is 9.25. The van der Waals surface area contributed by atoms with Gasteiger partial charge in [-0.3, -0.25) is 4.90 Å². The van der Waals surface area contributed by atoms with E-state index in [0.29, 0.717) is 12.0 Å². The Labute approximate surface area is 131 Å². The lowest BCUT2D eigenvalue weighted by Crippen LogP contribution is -2.46. The van der Waals surface area contributed by atoms with Gasteiger partial charge in [-0.2, -0.15) is 0 Å². The smallest absolute Gasteiger partial charge is 0.0558 e. The lowest BCUT2D eigenvalue weighted by atomic mass is 9.79. The van der Waals surface area contributed by atoms with E-state index in [4.69, 9.17) is 0 Å². The van der Waals surface area contributed by atoms with Crippen LogP contribution in [-0.2, 0) is 0 Å². The molecule has 124 valence electrons. The molecule has 2 N–H and O–H groups in total. The van der Waals surface area contributed by atoms with E-state index in [1.807, 2.05) is 0 Å². The fraction of sp³-hybridized carbons (Fsp3) is 1.00. The van der Waals surface area contributed by atoms with E-state index in [9.17, 15) is 5.11 Å². The summed E-state index contributed by atoms with van der Waals surface area (Å²) >= 11 is 0. The Bertz CT molecular complexity index is 281. The number of aliphatic hydroxyl groups excluding tert-OH is 1. The van der Waals surface area contributed by atoms with E-state index in [0.717, 1.165) is 25.0 Å². The summed E-state index contributed by atoms with van der Waals surface area (Å²) in [5.74, 6) is 0.727. The molecule has 3 nitrogen and oxygen atoms in total. The van der Waals surface area contributed by atoms with Gasteiger partial charge in [0.25, 0.3) is 0 Å². The summed E-state index contributed by atoms with van der Waals surface area (Å²) in [7, 11) is 0. The maximum atomic E-state index is 9.37. The van der Waals surface area contributed by atoms with Crippen LogP contribution in [-0.4, -0.2) is 48.8 Å². The molecule has 3 heteroatoms. The molecule has 0 aromatic rings. The summed E-state index contributed by atoms with van der Waals surface area (Å²) in [5.41, 5.74) is 0.448. The summed E-state index contributed by atoms with van der Waals surface area (Å²) in [6.07, 6.45) is 11.0. The van der Waals surface area contributed by atoms with Crippen molar-refractivity contribution in [2.45, 2.75) is 71.3 Å². The summed E-state index contributed by atoms with van der Waals surface area (Å²) in [6, 6.07) is 0.766. The van der Waals surface area contributed by atoms with Gasteiger partial charge in [0.2, 0.25) is 0 Å². The molecule has 0 spiro atoms. The average Bonchev–Trinajstić information content (AvgIpc) is 3.26. The molecule has 0 aromatic heterocycles. The molecule has 0 amide bonds. The van der Waals surface area contributed by atoms with Crippen LogP contribution in [0.2, 0.25) is 0 Å². The van der Waals surface area contributed by atoms with Crippen LogP contribution in [0.3, 0.4) is 0 Å². The van der Waals surface area contributed by atoms with Gasteiger partial charge in [0.15, 0.2) is 0 Å². The van der Waals surface area contributed by atoms with Crippen molar-refractivity contribution in [3.63, 3.8) is 0 Å². The minimum Gasteiger partial charge on any atom is -0.395 e. The summed E-state index contributed by atoms with van der Waals surface area (Å²) in [5, 5.41) is 13.1. The molecule has 0 radical (unpaired) electrons. The Balaban J connectivity index is 1.95. The first-order chi connectivity index (χ1) is 10.2. The Morgan fingerprint density at radius 3 is 2.33 bits per heavy atom. The van der Waals surface area contributed by atoms with Crippen LogP contribution in [0.4, 0.5) is 0 Å². The normalized spacial score (nSPS) is 22.7. The molecular weight excluding hydrogens is 260 g/mol. The number of hydrogen-bond acceptors (Lipinski definition) is 3. The SMILES string of the molecule is CC(C)CNCC1(CN(CCO)C2CC2)CCCCCC1. The van der Waals surface area contributed by atoms with Gasteiger partial charge in [-0.1, -0.05) is 39.5 Å². The van der Waals surface area contributed by atoms with Gasteiger partial charge >= 0.3 is 0 Å². The molecule has 2 aliphatic carbocycles. The van der Waals surface area contributed by atoms with Crippen molar-refractivity contribution in [1.29, 1.82) is 0 Å². The predicted molar refractivity (Wildman–Crippen MR) is 89.5 cm³/mol. The van der Waals surface area contributed by atoms with E-state index in [1.54, 1.807) is 0 Å². The topological polar surface area (TPSA) is 35.5 Å². The second-order valence-corrected chi connectivity index (χ2v) is 7.86. The Kier molecular flexibility index (Phi) is 6.97. The van der Waals surface area contributed by atoms with Gasteiger partial charge in [-0.15, -0.1) is 0 Å². The highest BCUT2D eigenvalue weighted by Crippen LogP contribution is 2.38. The van der Waals surface area contributed by atoms with Crippen LogP contribution in [0.5, 0.6) is 0 Å². The van der Waals surface area contributed by atoms with Crippen molar-refractivity contribution in [3.05, 3.63) is 0 Å². The van der Waals surface area contributed by atoms with E-state index < -0.39 is 0 Å². The quantitative estimate of drug-likeness (QED) is 0.642. The van der Waals surface area contributed by atoms with Gasteiger partial charge in [0, 0.05) is 25.7 Å². The zero-order valence-electron chi connectivity index (χ0n) is 14.2. The monoisotopic (exact) mass is 296 g/mol. The number of nitrogens with one attached hydrogen (secondary N) is 1. The first-order valence-electron chi connectivity index (χ1n) is 9.21. The molecular formula is C18H36N2O. The molecule has 0 aromatic carbocycles. The van der Waals surface area contributed by atoms with Crippen molar-refractivity contribution >= 4 is 0 Å². The fourth-order valence-corrected chi connectivity index (χ4v) is 3.89. The predicted octanol–water partition coefficient (Wildman–Crippen LogP) is 3.03. The second kappa shape index (κ2) is 8.50. The third-order valence-corrected chi connectivity index (χ3v) is 5.21. The van der Waals surface area contributed by atoms with Crippen LogP contribution in [0.1, 0.15) is 65.2 Å². The number of nitrogens with zero attached hydrogens (tertiary/aromatic N) is 1. The standard InChI is InChI=1S/C18H36N2O/c1-16(2)13-19-14-18(9-5-3-4-6-10-18)15-20(11-12-21)17-7-8-17/h16-17,19,21H,3-15H2,1-2H3. The lowest BCUT2D eigenvalue weighted by Gasteiger charge is -2.38.